The maximum absolute atomic E-state index is 12.6. The molecule has 1 unspecified atom stereocenters. The van der Waals surface area contributed by atoms with Crippen molar-refractivity contribution in [2.45, 2.75) is 180 Å². The van der Waals surface area contributed by atoms with Gasteiger partial charge in [-0.2, -0.15) is 0 Å². The van der Waals surface area contributed by atoms with Crippen molar-refractivity contribution < 1.29 is 42.7 Å². The molecule has 0 aromatic carbocycles. The van der Waals surface area contributed by atoms with Crippen LogP contribution >= 0.6 is 7.82 Å². The van der Waals surface area contributed by atoms with E-state index in [0.29, 0.717) is 19.3 Å². The summed E-state index contributed by atoms with van der Waals surface area (Å²) in [5.74, 6) is -0.917. The van der Waals surface area contributed by atoms with Gasteiger partial charge in [0.15, 0.2) is 6.10 Å². The first-order valence-corrected chi connectivity index (χ1v) is 24.0. The Bertz CT molecular complexity index is 1180. The summed E-state index contributed by atoms with van der Waals surface area (Å²) < 4.78 is 32.7. The van der Waals surface area contributed by atoms with E-state index in [1.54, 1.807) is 0 Å². The second-order valence-electron chi connectivity index (χ2n) is 14.6. The summed E-state index contributed by atoms with van der Waals surface area (Å²) in [5, 5.41) is 8.79. The van der Waals surface area contributed by atoms with Gasteiger partial charge in [0.2, 0.25) is 0 Å². The minimum absolute atomic E-state index is 0.0363. The molecule has 4 N–H and O–H groups in total. The van der Waals surface area contributed by atoms with Crippen LogP contribution < -0.4 is 5.73 Å². The van der Waals surface area contributed by atoms with E-state index in [1.165, 1.54) is 57.8 Å². The van der Waals surface area contributed by atoms with Crippen molar-refractivity contribution in [2.75, 3.05) is 33.0 Å². The molecule has 0 heterocycles. The minimum atomic E-state index is -4.40. The van der Waals surface area contributed by atoms with Crippen molar-refractivity contribution >= 4 is 19.8 Å². The van der Waals surface area contributed by atoms with E-state index < -0.39 is 32.5 Å². The van der Waals surface area contributed by atoms with Crippen LogP contribution in [0.3, 0.4) is 0 Å². The number of ether oxygens (including phenoxy) is 2. The fraction of sp³-hybridized carbons (Fsp3) is 0.702. The first kappa shape index (κ1) is 55.4. The fourth-order valence-corrected chi connectivity index (χ4v) is 6.52. The summed E-state index contributed by atoms with van der Waals surface area (Å²) in [6, 6.07) is 0. The third kappa shape index (κ3) is 43.0. The first-order chi connectivity index (χ1) is 28.3. The molecule has 0 aliphatic rings. The topological polar surface area (TPSA) is 155 Å². The van der Waals surface area contributed by atoms with E-state index in [9.17, 15) is 19.0 Å². The van der Waals surface area contributed by atoms with Crippen LogP contribution in [0, 0.1) is 0 Å². The number of esters is 2. The molecule has 334 valence electrons. The molecule has 0 saturated carbocycles. The van der Waals surface area contributed by atoms with Gasteiger partial charge in [-0.1, -0.05) is 144 Å². The molecule has 0 amide bonds. The van der Waals surface area contributed by atoms with Crippen molar-refractivity contribution in [2.24, 2.45) is 5.73 Å². The summed E-state index contributed by atoms with van der Waals surface area (Å²) in [7, 11) is -4.40. The van der Waals surface area contributed by atoms with Crippen LogP contribution in [0.2, 0.25) is 0 Å². The average molecular weight is 836 g/mol. The van der Waals surface area contributed by atoms with Crippen molar-refractivity contribution in [3.8, 4) is 0 Å². The van der Waals surface area contributed by atoms with Gasteiger partial charge in [-0.25, -0.2) is 4.57 Å². The summed E-state index contributed by atoms with van der Waals surface area (Å²) in [4.78, 5) is 34.9. The van der Waals surface area contributed by atoms with Gasteiger partial charge >= 0.3 is 19.8 Å². The van der Waals surface area contributed by atoms with E-state index >= 15 is 0 Å². The number of carbonyl (C=O) groups excluding carboxylic acids is 2. The standard InChI is InChI=1S/C47H82NO9P/c1-2-3-4-5-6-7-8-9-10-11-12-14-17-20-23-26-29-32-35-38-46(50)54-43-45(44-56-58(52,53)55-42-40-48)57-47(51)39-36-33-30-27-24-21-18-15-13-16-19-22-25-28-31-34-37-41-49/h6-7,9-10,13,16,18,21-22,25,27,30,45,49H,2-5,8,11-12,14-15,17,19-20,23-24,26,28-29,31-44,48H2,1H3,(H,52,53)/b7-6-,10-9-,16-13-,21-18-,25-22-,30-27-/t45-/m1/s1. The monoisotopic (exact) mass is 836 g/mol. The van der Waals surface area contributed by atoms with Gasteiger partial charge < -0.3 is 25.2 Å². The molecule has 0 spiro atoms. The van der Waals surface area contributed by atoms with Crippen LogP contribution in [0.4, 0.5) is 0 Å². The molecule has 11 heteroatoms. The summed E-state index contributed by atoms with van der Waals surface area (Å²) >= 11 is 0. The number of aliphatic hydroxyl groups excluding tert-OH is 1. The second-order valence-corrected chi connectivity index (χ2v) is 16.1. The number of hydrogen-bond acceptors (Lipinski definition) is 9. The molecule has 0 rings (SSSR count). The number of rotatable bonds is 42. The predicted octanol–water partition coefficient (Wildman–Crippen LogP) is 12.0. The third-order valence-electron chi connectivity index (χ3n) is 9.12. The Balaban J connectivity index is 4.23. The summed E-state index contributed by atoms with van der Waals surface area (Å²) in [6.07, 6.45) is 50.9. The van der Waals surface area contributed by atoms with Gasteiger partial charge in [0.25, 0.3) is 0 Å². The van der Waals surface area contributed by atoms with Crippen molar-refractivity contribution in [3.05, 3.63) is 72.9 Å². The van der Waals surface area contributed by atoms with Gasteiger partial charge in [0.05, 0.1) is 13.2 Å². The van der Waals surface area contributed by atoms with Crippen LogP contribution in [-0.2, 0) is 32.7 Å². The second kappa shape index (κ2) is 44.0. The number of allylic oxidation sites excluding steroid dienone is 12. The Morgan fingerprint density at radius 3 is 1.48 bits per heavy atom. The van der Waals surface area contributed by atoms with E-state index in [1.807, 2.05) is 6.08 Å². The zero-order valence-corrected chi connectivity index (χ0v) is 37.1. The van der Waals surface area contributed by atoms with E-state index in [4.69, 9.17) is 29.4 Å². The third-order valence-corrected chi connectivity index (χ3v) is 10.1. The largest absolute Gasteiger partial charge is 0.472 e. The maximum Gasteiger partial charge on any atom is 0.472 e. The number of phosphoric ester groups is 1. The fourth-order valence-electron chi connectivity index (χ4n) is 5.75. The van der Waals surface area contributed by atoms with Gasteiger partial charge in [0.1, 0.15) is 6.61 Å². The highest BCUT2D eigenvalue weighted by atomic mass is 31.2. The highest BCUT2D eigenvalue weighted by Crippen LogP contribution is 2.43. The zero-order valence-electron chi connectivity index (χ0n) is 36.2. The van der Waals surface area contributed by atoms with E-state index in [-0.39, 0.29) is 39.2 Å². The molecular formula is C47H82NO9P. The normalized spacial score (nSPS) is 13.9. The molecular weight excluding hydrogens is 753 g/mol. The molecule has 0 radical (unpaired) electrons. The SMILES string of the molecule is CCCCC/C=C\C/C=C\CCCCCCCCCCCC(=O)OC[C@H](COP(=O)(O)OCCN)OC(=O)CCC/C=C\C/C=C\C/C=C\C/C=C\CCCCCO. The lowest BCUT2D eigenvalue weighted by Gasteiger charge is -2.19. The number of nitrogens with two attached hydrogens (primary N) is 1. The lowest BCUT2D eigenvalue weighted by atomic mass is 10.1. The summed E-state index contributed by atoms with van der Waals surface area (Å²) in [6.45, 7) is 1.63. The Kier molecular flexibility index (Phi) is 42.0. The van der Waals surface area contributed by atoms with Crippen molar-refractivity contribution in [1.29, 1.82) is 0 Å². The maximum atomic E-state index is 12.6. The highest BCUT2D eigenvalue weighted by molar-refractivity contribution is 7.47. The molecule has 0 aliphatic heterocycles. The smallest absolute Gasteiger partial charge is 0.462 e. The number of unbranched alkanes of at least 4 members (excludes halogenated alkanes) is 16. The van der Waals surface area contributed by atoms with Crippen LogP contribution in [0.25, 0.3) is 0 Å². The van der Waals surface area contributed by atoms with Gasteiger partial charge in [-0.15, -0.1) is 0 Å². The highest BCUT2D eigenvalue weighted by Gasteiger charge is 2.25. The van der Waals surface area contributed by atoms with Crippen LogP contribution in [0.1, 0.15) is 174 Å². The lowest BCUT2D eigenvalue weighted by molar-refractivity contribution is -0.161. The number of aliphatic hydroxyl groups is 1. The lowest BCUT2D eigenvalue weighted by Crippen LogP contribution is -2.29. The van der Waals surface area contributed by atoms with Crippen LogP contribution in [0.5, 0.6) is 0 Å². The van der Waals surface area contributed by atoms with Gasteiger partial charge in [-0.05, 0) is 89.9 Å². The molecule has 2 atom stereocenters. The number of carbonyl (C=O) groups is 2. The first-order valence-electron chi connectivity index (χ1n) is 22.5. The van der Waals surface area contributed by atoms with E-state index in [0.717, 1.165) is 77.0 Å². The molecule has 0 aromatic rings. The predicted molar refractivity (Wildman–Crippen MR) is 239 cm³/mol. The van der Waals surface area contributed by atoms with Crippen LogP contribution in [0.15, 0.2) is 72.9 Å². The van der Waals surface area contributed by atoms with E-state index in [2.05, 4.69) is 73.8 Å². The summed E-state index contributed by atoms with van der Waals surface area (Å²) in [5.41, 5.74) is 5.34. The van der Waals surface area contributed by atoms with Crippen LogP contribution in [-0.4, -0.2) is 61.0 Å². The van der Waals surface area contributed by atoms with Crippen molar-refractivity contribution in [3.63, 3.8) is 0 Å². The van der Waals surface area contributed by atoms with Crippen molar-refractivity contribution in [1.82, 2.24) is 0 Å². The average Bonchev–Trinajstić information content (AvgIpc) is 3.21. The Morgan fingerprint density at radius 2 is 0.983 bits per heavy atom. The molecule has 10 nitrogen and oxygen atoms in total. The Hall–Kier alpha value is -2.59. The molecule has 0 aromatic heterocycles. The Labute approximate surface area is 353 Å². The molecule has 0 saturated heterocycles. The zero-order chi connectivity index (χ0) is 42.5. The molecule has 0 fully saturated rings. The van der Waals surface area contributed by atoms with Gasteiger partial charge in [-0.3, -0.25) is 18.6 Å². The minimum Gasteiger partial charge on any atom is -0.462 e. The number of hydrogen-bond donors (Lipinski definition) is 3. The molecule has 0 bridgehead atoms. The quantitative estimate of drug-likeness (QED) is 0.0234. The molecule has 0 aliphatic carbocycles. The Morgan fingerprint density at radius 1 is 0.552 bits per heavy atom. The number of phosphoric acid groups is 1. The molecule has 58 heavy (non-hydrogen) atoms. The van der Waals surface area contributed by atoms with Gasteiger partial charge in [0, 0.05) is 26.0 Å².